The fraction of sp³-hybridized carbons (Fsp3) is 0.452. The number of nitrogens with zero attached hydrogens (tertiary/aromatic N) is 2. The van der Waals surface area contributed by atoms with E-state index in [2.05, 4.69) is 89.3 Å². The maximum absolute atomic E-state index is 5.52. The van der Waals surface area contributed by atoms with Gasteiger partial charge in [0.25, 0.3) is 0 Å². The van der Waals surface area contributed by atoms with Crippen molar-refractivity contribution in [2.24, 2.45) is 0 Å². The van der Waals surface area contributed by atoms with Crippen LogP contribution in [0.1, 0.15) is 88.2 Å². The zero-order valence-electron chi connectivity index (χ0n) is 21.2. The summed E-state index contributed by atoms with van der Waals surface area (Å²) in [5.41, 5.74) is 2.73. The van der Waals surface area contributed by atoms with Crippen molar-refractivity contribution in [2.75, 3.05) is 0 Å². The fourth-order valence-corrected chi connectivity index (χ4v) is 4.13. The van der Waals surface area contributed by atoms with Crippen LogP contribution in [-0.2, 0) is 6.54 Å². The number of rotatable bonds is 15. The molecule has 0 atom stereocenters. The number of imidazole rings is 1. The molecule has 0 unspecified atom stereocenters. The van der Waals surface area contributed by atoms with Crippen LogP contribution in [0.4, 0.5) is 0 Å². The average molecular weight is 455 g/mol. The van der Waals surface area contributed by atoms with Crippen molar-refractivity contribution in [1.82, 2.24) is 9.55 Å². The molecule has 3 aromatic rings. The second-order valence-corrected chi connectivity index (χ2v) is 8.93. The van der Waals surface area contributed by atoms with Gasteiger partial charge in [-0.1, -0.05) is 131 Å². The van der Waals surface area contributed by atoms with Gasteiger partial charge in [0.05, 0.1) is 14.2 Å². The summed E-state index contributed by atoms with van der Waals surface area (Å²) in [4.78, 5) is 4.03. The standard InChI is InChI=1S/C18H19B.C13H24N2/c19-15-9-3-8-14-18(16-10-4-1-5-11-16)17-12-6-2-7-13-17;1-2-3-4-5-6-7-8-9-11-15-12-10-14-13-15/h1-8,10-13,18H,9,14-15H2;10,12-13H,2-9,11H2,1H3. The van der Waals surface area contributed by atoms with E-state index >= 15 is 0 Å². The third-order valence-corrected chi connectivity index (χ3v) is 6.10. The highest BCUT2D eigenvalue weighted by molar-refractivity contribution is 6.08. The third kappa shape index (κ3) is 12.1. The van der Waals surface area contributed by atoms with Crippen molar-refractivity contribution in [3.63, 3.8) is 0 Å². The molecule has 0 saturated carbocycles. The van der Waals surface area contributed by atoms with Crippen LogP contribution in [0.3, 0.4) is 0 Å². The molecule has 2 aromatic carbocycles. The van der Waals surface area contributed by atoms with Gasteiger partial charge in [0.2, 0.25) is 0 Å². The normalized spacial score (nSPS) is 11.0. The monoisotopic (exact) mass is 454 g/mol. The van der Waals surface area contributed by atoms with Gasteiger partial charge in [-0.2, -0.15) is 0 Å². The number of allylic oxidation sites excluding steroid dienone is 2. The van der Waals surface area contributed by atoms with E-state index in [1.54, 1.807) is 0 Å². The van der Waals surface area contributed by atoms with Crippen LogP contribution in [0.5, 0.6) is 0 Å². The number of aromatic nitrogens is 2. The van der Waals surface area contributed by atoms with Gasteiger partial charge in [-0.25, -0.2) is 4.98 Å². The Kier molecular flexibility index (Phi) is 15.3. The van der Waals surface area contributed by atoms with Crippen molar-refractivity contribution in [1.29, 1.82) is 0 Å². The molecule has 0 spiro atoms. The van der Waals surface area contributed by atoms with Gasteiger partial charge in [0.15, 0.2) is 0 Å². The first-order valence-corrected chi connectivity index (χ1v) is 13.3. The van der Waals surface area contributed by atoms with Crippen LogP contribution in [0, 0.1) is 0 Å². The summed E-state index contributed by atoms with van der Waals surface area (Å²) in [5.74, 6) is 0.427. The molecule has 0 N–H and O–H groups in total. The maximum Gasteiger partial charge on any atom is 0.0945 e. The molecule has 34 heavy (non-hydrogen) atoms. The lowest BCUT2D eigenvalue weighted by Gasteiger charge is -2.16. The molecule has 0 amide bonds. The highest BCUT2D eigenvalue weighted by Gasteiger charge is 2.11. The van der Waals surface area contributed by atoms with Crippen LogP contribution in [0.15, 0.2) is 91.5 Å². The van der Waals surface area contributed by atoms with E-state index < -0.39 is 0 Å². The summed E-state index contributed by atoms with van der Waals surface area (Å²) in [6.07, 6.45) is 24.0. The Labute approximate surface area is 209 Å². The first kappa shape index (κ1) is 27.7. The van der Waals surface area contributed by atoms with E-state index in [1.165, 1.54) is 62.5 Å². The summed E-state index contributed by atoms with van der Waals surface area (Å²) < 4.78 is 2.16. The van der Waals surface area contributed by atoms with Crippen LogP contribution in [0.25, 0.3) is 0 Å². The van der Waals surface area contributed by atoms with Crippen LogP contribution < -0.4 is 0 Å². The zero-order valence-corrected chi connectivity index (χ0v) is 21.2. The Hall–Kier alpha value is -2.55. The maximum atomic E-state index is 5.52. The number of benzene rings is 2. The third-order valence-electron chi connectivity index (χ3n) is 6.10. The molecule has 180 valence electrons. The molecule has 0 aliphatic carbocycles. The molecule has 2 radical (unpaired) electrons. The molecule has 1 heterocycles. The summed E-state index contributed by atoms with van der Waals surface area (Å²) in [6.45, 7) is 3.40. The second-order valence-electron chi connectivity index (χ2n) is 8.93. The van der Waals surface area contributed by atoms with Crippen LogP contribution in [-0.4, -0.2) is 17.4 Å². The zero-order chi connectivity index (χ0) is 24.1. The first-order chi connectivity index (χ1) is 16.8. The highest BCUT2D eigenvalue weighted by atomic mass is 15.0. The molecule has 0 saturated heterocycles. The predicted octanol–water partition coefficient (Wildman–Crippen LogP) is 8.77. The number of aryl methyl sites for hydroxylation is 1. The Morgan fingerprint density at radius 3 is 1.91 bits per heavy atom. The summed E-state index contributed by atoms with van der Waals surface area (Å²) in [5, 5.41) is 0. The molecular formula is C31H43BN2. The number of hydrogen-bond donors (Lipinski definition) is 0. The predicted molar refractivity (Wildman–Crippen MR) is 148 cm³/mol. The smallest absolute Gasteiger partial charge is 0.0945 e. The molecule has 3 rings (SSSR count). The molecule has 0 aliphatic heterocycles. The molecule has 3 heteroatoms. The van der Waals surface area contributed by atoms with Gasteiger partial charge >= 0.3 is 0 Å². The van der Waals surface area contributed by atoms with Gasteiger partial charge in [-0.15, -0.1) is 0 Å². The lowest BCUT2D eigenvalue weighted by Crippen LogP contribution is -1.99. The number of unbranched alkanes of at least 4 members (excludes halogenated alkanes) is 7. The van der Waals surface area contributed by atoms with Crippen molar-refractivity contribution >= 4 is 7.85 Å². The molecule has 0 bridgehead atoms. The van der Waals surface area contributed by atoms with Crippen LogP contribution >= 0.6 is 0 Å². The second kappa shape index (κ2) is 18.8. The Morgan fingerprint density at radius 1 is 0.794 bits per heavy atom. The molecular weight excluding hydrogens is 411 g/mol. The van der Waals surface area contributed by atoms with E-state index in [0.29, 0.717) is 5.92 Å². The Bertz CT molecular complexity index is 804. The molecule has 0 aliphatic rings. The molecule has 2 nitrogen and oxygen atoms in total. The average Bonchev–Trinajstić information content (AvgIpc) is 3.41. The van der Waals surface area contributed by atoms with E-state index in [9.17, 15) is 0 Å². The van der Waals surface area contributed by atoms with E-state index in [1.807, 2.05) is 18.7 Å². The van der Waals surface area contributed by atoms with Gasteiger partial charge in [-0.3, -0.25) is 0 Å². The lowest BCUT2D eigenvalue weighted by atomic mass is 9.88. The minimum atomic E-state index is 0.427. The Balaban J connectivity index is 0.000000248. The van der Waals surface area contributed by atoms with Gasteiger partial charge in [0.1, 0.15) is 0 Å². The van der Waals surface area contributed by atoms with Crippen molar-refractivity contribution in [2.45, 2.75) is 89.9 Å². The van der Waals surface area contributed by atoms with Gasteiger partial charge in [-0.05, 0) is 30.4 Å². The highest BCUT2D eigenvalue weighted by Crippen LogP contribution is 2.28. The molecule has 1 aromatic heterocycles. The van der Waals surface area contributed by atoms with E-state index in [-0.39, 0.29) is 0 Å². The topological polar surface area (TPSA) is 17.8 Å². The van der Waals surface area contributed by atoms with E-state index in [0.717, 1.165) is 25.7 Å². The Morgan fingerprint density at radius 2 is 1.38 bits per heavy atom. The first-order valence-electron chi connectivity index (χ1n) is 13.3. The largest absolute Gasteiger partial charge is 0.337 e. The van der Waals surface area contributed by atoms with Crippen molar-refractivity contribution in [3.8, 4) is 0 Å². The summed E-state index contributed by atoms with van der Waals surface area (Å²) in [6, 6.07) is 21.4. The quantitative estimate of drug-likeness (QED) is 0.127. The van der Waals surface area contributed by atoms with Crippen molar-refractivity contribution in [3.05, 3.63) is 103 Å². The fourth-order valence-electron chi connectivity index (χ4n) is 4.13. The van der Waals surface area contributed by atoms with Gasteiger partial charge in [0, 0.05) is 24.9 Å². The lowest BCUT2D eigenvalue weighted by molar-refractivity contribution is 0.543. The van der Waals surface area contributed by atoms with Gasteiger partial charge < -0.3 is 4.57 Å². The molecule has 0 fully saturated rings. The summed E-state index contributed by atoms with van der Waals surface area (Å²) in [7, 11) is 5.52. The minimum absolute atomic E-state index is 0.427. The summed E-state index contributed by atoms with van der Waals surface area (Å²) >= 11 is 0. The minimum Gasteiger partial charge on any atom is -0.337 e. The van der Waals surface area contributed by atoms with E-state index in [4.69, 9.17) is 7.85 Å². The van der Waals surface area contributed by atoms with Crippen molar-refractivity contribution < 1.29 is 0 Å². The number of hydrogen-bond acceptors (Lipinski definition) is 1. The SMILES string of the molecule is CCCCCCCCCCn1ccnc1.[B]CCC=CCC(c1ccccc1)c1ccccc1. The van der Waals surface area contributed by atoms with Crippen LogP contribution in [0.2, 0.25) is 6.32 Å².